The van der Waals surface area contributed by atoms with Gasteiger partial charge < -0.3 is 0 Å². The lowest BCUT2D eigenvalue weighted by Crippen LogP contribution is -2.71. The van der Waals surface area contributed by atoms with E-state index in [0.717, 1.165) is 0 Å². The Morgan fingerprint density at radius 1 is 1.06 bits per heavy atom. The van der Waals surface area contributed by atoms with Crippen molar-refractivity contribution >= 4 is 0 Å². The second-order valence-electron chi connectivity index (χ2n) is 6.15. The summed E-state index contributed by atoms with van der Waals surface area (Å²) in [5, 5.41) is 2.25. The molecule has 2 unspecified atom stereocenters. The molecule has 2 aliphatic carbocycles. The fraction of sp³-hybridized carbons (Fsp3) is 0.857. The van der Waals surface area contributed by atoms with E-state index in [1.807, 2.05) is 0 Å². The Labute approximate surface area is 110 Å². The number of nitrogens with one attached hydrogen (secondary N) is 3. The third-order valence-corrected chi connectivity index (χ3v) is 4.90. The van der Waals surface area contributed by atoms with Gasteiger partial charge in [0, 0.05) is 12.1 Å². The van der Waals surface area contributed by atoms with E-state index in [0.29, 0.717) is 18.1 Å². The molecule has 0 aromatic carbocycles. The summed E-state index contributed by atoms with van der Waals surface area (Å²) in [5.74, 6) is 0. The molecule has 0 aromatic rings. The molecule has 0 radical (unpaired) electrons. The molecule has 3 N–H and O–H groups in total. The molecule has 0 amide bonds. The first-order valence-corrected chi connectivity index (χ1v) is 7.48. The van der Waals surface area contributed by atoms with Crippen LogP contribution >= 0.6 is 0 Å². The lowest BCUT2D eigenvalue weighted by molar-refractivity contribution is -0.0305. The second kappa shape index (κ2) is 5.29. The molecule has 3 rings (SSSR count). The minimum atomic E-state index is 0.465. The number of nitrogens with zero attached hydrogens (tertiary/aromatic N) is 1. The van der Waals surface area contributed by atoms with Crippen LogP contribution in [0.2, 0.25) is 0 Å². The van der Waals surface area contributed by atoms with Crippen LogP contribution in [0.1, 0.15) is 58.8 Å². The van der Waals surface area contributed by atoms with Crippen LogP contribution in [-0.2, 0) is 0 Å². The summed E-state index contributed by atoms with van der Waals surface area (Å²) < 4.78 is 0. The molecule has 4 nitrogen and oxygen atoms in total. The zero-order valence-corrected chi connectivity index (χ0v) is 11.6. The Kier molecular flexibility index (Phi) is 3.71. The quantitative estimate of drug-likeness (QED) is 0.492. The molecule has 2 fully saturated rings. The van der Waals surface area contributed by atoms with Gasteiger partial charge in [0.15, 0.2) is 0 Å². The Hall–Kier alpha value is -0.420. The van der Waals surface area contributed by atoms with E-state index in [1.54, 1.807) is 0 Å². The zero-order chi connectivity index (χ0) is 12.5. The third kappa shape index (κ3) is 2.35. The SMILES string of the molecule is CC1=C(C)C2NNN(C3CCCCCC3)NC2C1. The van der Waals surface area contributed by atoms with Gasteiger partial charge in [-0.25, -0.2) is 10.9 Å². The topological polar surface area (TPSA) is 39.3 Å². The van der Waals surface area contributed by atoms with Gasteiger partial charge in [0.05, 0.1) is 6.04 Å². The molecule has 4 heteroatoms. The third-order valence-electron chi connectivity index (χ3n) is 4.90. The van der Waals surface area contributed by atoms with Gasteiger partial charge in [0.1, 0.15) is 0 Å². The molecule has 1 saturated heterocycles. The largest absolute Gasteiger partial charge is 0.235 e. The first-order chi connectivity index (χ1) is 8.75. The Morgan fingerprint density at radius 2 is 1.78 bits per heavy atom. The van der Waals surface area contributed by atoms with Gasteiger partial charge in [-0.1, -0.05) is 36.8 Å². The lowest BCUT2D eigenvalue weighted by atomic mass is 10.1. The molecule has 1 saturated carbocycles. The normalized spacial score (nSPS) is 35.7. The maximum Gasteiger partial charge on any atom is 0.0606 e. The van der Waals surface area contributed by atoms with E-state index >= 15 is 0 Å². The van der Waals surface area contributed by atoms with Gasteiger partial charge in [0.2, 0.25) is 0 Å². The standard InChI is InChI=1S/C14H26N4/c1-10-9-13-14(11(10)2)15-17-18(16-13)12-7-5-3-4-6-8-12/h12-17H,3-9H2,1-2H3. The van der Waals surface area contributed by atoms with Crippen molar-refractivity contribution < 1.29 is 0 Å². The van der Waals surface area contributed by atoms with Crippen molar-refractivity contribution in [1.82, 2.24) is 21.5 Å². The maximum absolute atomic E-state index is 3.69. The smallest absolute Gasteiger partial charge is 0.0606 e. The van der Waals surface area contributed by atoms with E-state index in [2.05, 4.69) is 35.4 Å². The number of hydrazine groups is 3. The van der Waals surface area contributed by atoms with Crippen LogP contribution in [-0.4, -0.2) is 23.2 Å². The van der Waals surface area contributed by atoms with Crippen LogP contribution in [0.5, 0.6) is 0 Å². The van der Waals surface area contributed by atoms with Crippen LogP contribution in [0.15, 0.2) is 11.1 Å². The van der Waals surface area contributed by atoms with Gasteiger partial charge in [-0.05, 0) is 33.1 Å². The number of rotatable bonds is 1. The van der Waals surface area contributed by atoms with Crippen LogP contribution < -0.4 is 16.4 Å². The van der Waals surface area contributed by atoms with Gasteiger partial charge in [-0.15, -0.1) is 0 Å². The summed E-state index contributed by atoms with van der Waals surface area (Å²) in [4.78, 5) is 0. The van der Waals surface area contributed by atoms with Crippen molar-refractivity contribution in [2.24, 2.45) is 0 Å². The van der Waals surface area contributed by atoms with E-state index in [4.69, 9.17) is 0 Å². The maximum atomic E-state index is 3.69. The van der Waals surface area contributed by atoms with E-state index in [-0.39, 0.29) is 0 Å². The first kappa shape index (κ1) is 12.6. The molecule has 0 aromatic heterocycles. The Balaban J connectivity index is 1.61. The monoisotopic (exact) mass is 250 g/mol. The molecular weight excluding hydrogens is 224 g/mol. The van der Waals surface area contributed by atoms with Crippen LogP contribution in [0.25, 0.3) is 0 Å². The Bertz CT molecular complexity index is 331. The molecule has 0 bridgehead atoms. The molecular formula is C14H26N4. The average Bonchev–Trinajstić information content (AvgIpc) is 2.61. The summed E-state index contributed by atoms with van der Waals surface area (Å²) >= 11 is 0. The summed E-state index contributed by atoms with van der Waals surface area (Å²) in [6.45, 7) is 4.50. The first-order valence-electron chi connectivity index (χ1n) is 7.48. The average molecular weight is 250 g/mol. The molecule has 102 valence electrons. The minimum absolute atomic E-state index is 0.465. The number of hydrogen-bond acceptors (Lipinski definition) is 4. The van der Waals surface area contributed by atoms with Crippen molar-refractivity contribution in [2.75, 3.05) is 0 Å². The highest BCUT2D eigenvalue weighted by Gasteiger charge is 2.37. The fourth-order valence-corrected chi connectivity index (χ4v) is 3.57. The van der Waals surface area contributed by atoms with E-state index in [9.17, 15) is 0 Å². The van der Waals surface area contributed by atoms with Crippen molar-refractivity contribution in [3.63, 3.8) is 0 Å². The molecule has 3 aliphatic rings. The van der Waals surface area contributed by atoms with Gasteiger partial charge in [0.25, 0.3) is 0 Å². The van der Waals surface area contributed by atoms with Crippen LogP contribution in [0.4, 0.5) is 0 Å². The molecule has 0 spiro atoms. The van der Waals surface area contributed by atoms with Gasteiger partial charge >= 0.3 is 0 Å². The second-order valence-corrected chi connectivity index (χ2v) is 6.15. The number of fused-ring (bicyclic) bond motifs is 1. The van der Waals surface area contributed by atoms with Crippen molar-refractivity contribution in [1.29, 1.82) is 0 Å². The highest BCUT2D eigenvalue weighted by molar-refractivity contribution is 5.27. The van der Waals surface area contributed by atoms with Crippen molar-refractivity contribution in [2.45, 2.75) is 76.9 Å². The highest BCUT2D eigenvalue weighted by Crippen LogP contribution is 2.29. The molecule has 18 heavy (non-hydrogen) atoms. The molecule has 1 aliphatic heterocycles. The summed E-state index contributed by atoms with van der Waals surface area (Å²) in [6.07, 6.45) is 9.35. The molecule has 1 heterocycles. The van der Waals surface area contributed by atoms with Gasteiger partial charge in [-0.3, -0.25) is 0 Å². The predicted octanol–water partition coefficient (Wildman–Crippen LogP) is 2.02. The van der Waals surface area contributed by atoms with E-state index < -0.39 is 0 Å². The lowest BCUT2D eigenvalue weighted by Gasteiger charge is -2.42. The van der Waals surface area contributed by atoms with Gasteiger partial charge in [-0.2, -0.15) is 10.7 Å². The minimum Gasteiger partial charge on any atom is -0.235 e. The van der Waals surface area contributed by atoms with Crippen molar-refractivity contribution in [3.8, 4) is 0 Å². The van der Waals surface area contributed by atoms with Crippen LogP contribution in [0.3, 0.4) is 0 Å². The fourth-order valence-electron chi connectivity index (χ4n) is 3.57. The molecule has 2 atom stereocenters. The summed E-state index contributed by atoms with van der Waals surface area (Å²) in [5.41, 5.74) is 13.6. The summed E-state index contributed by atoms with van der Waals surface area (Å²) in [7, 11) is 0. The highest BCUT2D eigenvalue weighted by atomic mass is 15.9. The van der Waals surface area contributed by atoms with E-state index in [1.165, 1.54) is 56.1 Å². The van der Waals surface area contributed by atoms with Crippen molar-refractivity contribution in [3.05, 3.63) is 11.1 Å². The van der Waals surface area contributed by atoms with Crippen LogP contribution in [0, 0.1) is 0 Å². The zero-order valence-electron chi connectivity index (χ0n) is 11.6. The summed E-state index contributed by atoms with van der Waals surface area (Å²) in [6, 6.07) is 1.64. The predicted molar refractivity (Wildman–Crippen MR) is 73.3 cm³/mol. The number of hydrogen-bond donors (Lipinski definition) is 3. The Morgan fingerprint density at radius 3 is 2.50 bits per heavy atom.